The Labute approximate surface area is 194 Å². The van der Waals surface area contributed by atoms with E-state index in [9.17, 15) is 18.0 Å². The first-order chi connectivity index (χ1) is 16.3. The van der Waals surface area contributed by atoms with Crippen LogP contribution in [0.2, 0.25) is 0 Å². The number of rotatable bonds is 5. The van der Waals surface area contributed by atoms with Gasteiger partial charge in [0, 0.05) is 55.3 Å². The summed E-state index contributed by atoms with van der Waals surface area (Å²) >= 11 is 0. The average Bonchev–Trinajstić information content (AvgIpc) is 3.16. The van der Waals surface area contributed by atoms with Crippen LogP contribution in [0.1, 0.15) is 22.4 Å². The zero-order valence-electron chi connectivity index (χ0n) is 18.4. The van der Waals surface area contributed by atoms with Crippen molar-refractivity contribution < 1.29 is 13.2 Å². The molecule has 1 aliphatic heterocycles. The molecule has 174 valence electrons. The molecular formula is C26H23F3N4O. The third-order valence-electron chi connectivity index (χ3n) is 6.22. The Morgan fingerprint density at radius 3 is 2.62 bits per heavy atom. The minimum Gasteiger partial charge on any atom is -0.343 e. The summed E-state index contributed by atoms with van der Waals surface area (Å²) in [7, 11) is 0. The molecule has 0 atom stereocenters. The van der Waals surface area contributed by atoms with Crippen LogP contribution in [0.25, 0.3) is 22.3 Å². The summed E-state index contributed by atoms with van der Waals surface area (Å²) in [5.41, 5.74) is 3.11. The van der Waals surface area contributed by atoms with Crippen LogP contribution in [0, 0.1) is 0 Å². The van der Waals surface area contributed by atoms with Gasteiger partial charge in [-0.15, -0.1) is 6.58 Å². The number of hydrogen-bond acceptors (Lipinski definition) is 3. The maximum Gasteiger partial charge on any atom is 0.416 e. The predicted molar refractivity (Wildman–Crippen MR) is 125 cm³/mol. The van der Waals surface area contributed by atoms with Gasteiger partial charge < -0.3 is 9.55 Å². The molecule has 0 amide bonds. The lowest BCUT2D eigenvalue weighted by atomic mass is 10.0. The Hall–Kier alpha value is -3.65. The van der Waals surface area contributed by atoms with Crippen LogP contribution in [0.5, 0.6) is 0 Å². The van der Waals surface area contributed by atoms with Crippen molar-refractivity contribution in [3.8, 4) is 11.4 Å². The number of alkyl halides is 3. The second kappa shape index (κ2) is 8.61. The van der Waals surface area contributed by atoms with E-state index in [2.05, 4.69) is 44.3 Å². The Morgan fingerprint density at radius 1 is 1.12 bits per heavy atom. The normalized spacial score (nSPS) is 14.3. The zero-order chi connectivity index (χ0) is 23.9. The van der Waals surface area contributed by atoms with Crippen LogP contribution < -0.4 is 5.56 Å². The van der Waals surface area contributed by atoms with E-state index in [1.54, 1.807) is 0 Å². The topological polar surface area (TPSA) is 53.9 Å². The van der Waals surface area contributed by atoms with Gasteiger partial charge in [-0.2, -0.15) is 13.2 Å². The van der Waals surface area contributed by atoms with Gasteiger partial charge in [0.25, 0.3) is 5.56 Å². The summed E-state index contributed by atoms with van der Waals surface area (Å²) in [5.74, 6) is 0.290. The number of allylic oxidation sites excluding steroid dienone is 1. The number of para-hydroxylation sites is 1. The molecule has 5 rings (SSSR count). The van der Waals surface area contributed by atoms with Gasteiger partial charge in [0.1, 0.15) is 5.82 Å². The molecule has 1 N–H and O–H groups in total. The molecule has 0 fully saturated rings. The first kappa shape index (κ1) is 22.2. The lowest BCUT2D eigenvalue weighted by molar-refractivity contribution is -0.137. The number of fused-ring (bicyclic) bond motifs is 2. The van der Waals surface area contributed by atoms with Crippen LogP contribution in [0.3, 0.4) is 0 Å². The summed E-state index contributed by atoms with van der Waals surface area (Å²) in [5, 5.41) is 1.18. The second-order valence-corrected chi connectivity index (χ2v) is 8.49. The number of aromatic nitrogens is 3. The minimum atomic E-state index is -4.41. The molecule has 0 saturated carbocycles. The van der Waals surface area contributed by atoms with E-state index in [-0.39, 0.29) is 5.56 Å². The first-order valence-corrected chi connectivity index (χ1v) is 11.0. The summed E-state index contributed by atoms with van der Waals surface area (Å²) in [4.78, 5) is 22.4. The monoisotopic (exact) mass is 464 g/mol. The van der Waals surface area contributed by atoms with E-state index in [0.717, 1.165) is 30.7 Å². The molecule has 2 aromatic heterocycles. The second-order valence-electron chi connectivity index (χ2n) is 8.49. The lowest BCUT2D eigenvalue weighted by Crippen LogP contribution is -2.35. The largest absolute Gasteiger partial charge is 0.416 e. The molecule has 8 heteroatoms. The Balaban J connectivity index is 1.39. The van der Waals surface area contributed by atoms with Crippen LogP contribution in [-0.4, -0.2) is 26.0 Å². The summed E-state index contributed by atoms with van der Waals surface area (Å²) in [6.07, 6.45) is 0.194. The van der Waals surface area contributed by atoms with Gasteiger partial charge in [-0.05, 0) is 23.8 Å². The predicted octanol–water partition coefficient (Wildman–Crippen LogP) is 5.15. The van der Waals surface area contributed by atoms with E-state index < -0.39 is 11.7 Å². The molecule has 3 heterocycles. The summed E-state index contributed by atoms with van der Waals surface area (Å²) < 4.78 is 40.7. The van der Waals surface area contributed by atoms with E-state index >= 15 is 0 Å². The molecule has 0 aliphatic carbocycles. The summed E-state index contributed by atoms with van der Waals surface area (Å²) in [6, 6.07) is 12.9. The first-order valence-electron chi connectivity index (χ1n) is 11.0. The number of H-pyrrole nitrogens is 1. The van der Waals surface area contributed by atoms with E-state index in [1.165, 1.54) is 23.1 Å². The number of nitrogens with zero attached hydrogens (tertiary/aromatic N) is 3. The van der Waals surface area contributed by atoms with Gasteiger partial charge in [0.15, 0.2) is 0 Å². The fourth-order valence-corrected chi connectivity index (χ4v) is 4.55. The molecule has 0 radical (unpaired) electrons. The fraction of sp³-hybridized carbons (Fsp3) is 0.231. The van der Waals surface area contributed by atoms with Crippen molar-refractivity contribution in [3.05, 3.63) is 100 Å². The summed E-state index contributed by atoms with van der Waals surface area (Å²) in [6.45, 7) is 6.46. The number of benzene rings is 2. The fourth-order valence-electron chi connectivity index (χ4n) is 4.55. The molecule has 2 aromatic carbocycles. The zero-order valence-corrected chi connectivity index (χ0v) is 18.4. The van der Waals surface area contributed by atoms with Crippen molar-refractivity contribution in [1.29, 1.82) is 0 Å². The molecule has 34 heavy (non-hydrogen) atoms. The smallest absolute Gasteiger partial charge is 0.343 e. The Bertz CT molecular complexity index is 1420. The van der Waals surface area contributed by atoms with Crippen LogP contribution in [-0.2, 0) is 32.2 Å². The Kier molecular flexibility index (Phi) is 5.61. The highest BCUT2D eigenvalue weighted by Crippen LogP contribution is 2.30. The highest BCUT2D eigenvalue weighted by molar-refractivity contribution is 5.84. The highest BCUT2D eigenvalue weighted by atomic mass is 19.4. The van der Waals surface area contributed by atoms with Gasteiger partial charge in [0.2, 0.25) is 0 Å². The van der Waals surface area contributed by atoms with E-state index in [4.69, 9.17) is 0 Å². The van der Waals surface area contributed by atoms with Crippen molar-refractivity contribution in [2.45, 2.75) is 32.2 Å². The van der Waals surface area contributed by atoms with E-state index in [1.807, 2.05) is 18.2 Å². The number of hydrogen-bond donors (Lipinski definition) is 1. The number of halogens is 3. The molecule has 0 saturated heterocycles. The maximum atomic E-state index is 12.9. The van der Waals surface area contributed by atoms with Gasteiger partial charge in [-0.1, -0.05) is 36.4 Å². The van der Waals surface area contributed by atoms with Crippen LogP contribution in [0.15, 0.2) is 72.2 Å². The Morgan fingerprint density at radius 2 is 1.88 bits per heavy atom. The SMILES string of the molecule is C=CCn1cc(CN2CCc3nc(-c4ccc(C(F)(F)F)cc4)[nH]c(=O)c3C2)c2ccccc21. The number of aromatic amines is 1. The van der Waals surface area contributed by atoms with Crippen LogP contribution >= 0.6 is 0 Å². The molecule has 0 spiro atoms. The van der Waals surface area contributed by atoms with Gasteiger partial charge in [-0.3, -0.25) is 9.69 Å². The third-order valence-corrected chi connectivity index (χ3v) is 6.22. The molecule has 1 aliphatic rings. The van der Waals surface area contributed by atoms with Gasteiger partial charge >= 0.3 is 6.18 Å². The standard InChI is InChI=1S/C26H23F3N4O/c1-2-12-33-15-18(20-5-3-4-6-23(20)33)14-32-13-11-22-21(16-32)25(34)31-24(30-22)17-7-9-19(10-8-17)26(27,28)29/h2-10,15H,1,11-14,16H2,(H,30,31,34). The minimum absolute atomic E-state index is 0.251. The van der Waals surface area contributed by atoms with Crippen molar-refractivity contribution in [2.75, 3.05) is 6.54 Å². The number of nitrogens with one attached hydrogen (secondary N) is 1. The molecule has 0 unspecified atom stereocenters. The molecule has 0 bridgehead atoms. The van der Waals surface area contributed by atoms with Crippen molar-refractivity contribution >= 4 is 10.9 Å². The molecule has 4 aromatic rings. The quantitative estimate of drug-likeness (QED) is 0.416. The lowest BCUT2D eigenvalue weighted by Gasteiger charge is -2.27. The van der Waals surface area contributed by atoms with Crippen molar-refractivity contribution in [2.24, 2.45) is 0 Å². The van der Waals surface area contributed by atoms with Crippen molar-refractivity contribution in [3.63, 3.8) is 0 Å². The van der Waals surface area contributed by atoms with Crippen LogP contribution in [0.4, 0.5) is 13.2 Å². The third kappa shape index (κ3) is 4.17. The van der Waals surface area contributed by atoms with Gasteiger partial charge in [0.05, 0.1) is 16.8 Å². The molecule has 5 nitrogen and oxygen atoms in total. The van der Waals surface area contributed by atoms with Crippen molar-refractivity contribution in [1.82, 2.24) is 19.4 Å². The maximum absolute atomic E-state index is 12.9. The van der Waals surface area contributed by atoms with E-state index in [0.29, 0.717) is 42.2 Å². The average molecular weight is 464 g/mol. The highest BCUT2D eigenvalue weighted by Gasteiger charge is 2.30. The van der Waals surface area contributed by atoms with Gasteiger partial charge in [-0.25, -0.2) is 4.98 Å². The molecular weight excluding hydrogens is 441 g/mol.